The smallest absolute Gasteiger partial charge is 0.324 e. The highest BCUT2D eigenvalue weighted by atomic mass is 32.1. The van der Waals surface area contributed by atoms with Crippen molar-refractivity contribution < 1.29 is 17.6 Å². The first-order valence-corrected chi connectivity index (χ1v) is 7.06. The van der Waals surface area contributed by atoms with Gasteiger partial charge in [-0.05, 0) is 19.9 Å². The largest absolute Gasteiger partial charge is 0.419 e. The molecule has 21 heavy (non-hydrogen) atoms. The summed E-state index contributed by atoms with van der Waals surface area (Å²) in [7, 11) is 0. The van der Waals surface area contributed by atoms with Crippen LogP contribution in [0.5, 0.6) is 0 Å². The number of aromatic nitrogens is 1. The van der Waals surface area contributed by atoms with Crippen molar-refractivity contribution >= 4 is 11.3 Å². The van der Waals surface area contributed by atoms with Crippen LogP contribution < -0.4 is 5.73 Å². The van der Waals surface area contributed by atoms with Crippen molar-refractivity contribution in [3.05, 3.63) is 50.7 Å². The summed E-state index contributed by atoms with van der Waals surface area (Å²) in [6, 6.07) is 2.29. The van der Waals surface area contributed by atoms with Crippen molar-refractivity contribution in [1.82, 2.24) is 4.98 Å². The van der Waals surface area contributed by atoms with Gasteiger partial charge >= 0.3 is 6.18 Å². The van der Waals surface area contributed by atoms with Crippen LogP contribution in [0.1, 0.15) is 32.7 Å². The molecule has 0 aliphatic carbocycles. The molecule has 1 unspecified atom stereocenters. The molecule has 1 heterocycles. The van der Waals surface area contributed by atoms with Gasteiger partial charge in [0, 0.05) is 22.9 Å². The molecule has 7 heteroatoms. The van der Waals surface area contributed by atoms with Crippen LogP contribution in [0.15, 0.2) is 18.2 Å². The standard InChI is InChI=1S/C14H14F4N2S/c1-7-8(2)21-12(20-7)6-11(19)9-4-3-5-10(13(9)15)14(16,17)18/h3-5,11H,6,19H2,1-2H3. The van der Waals surface area contributed by atoms with Crippen molar-refractivity contribution in [2.75, 3.05) is 0 Å². The molecule has 1 aromatic heterocycles. The minimum Gasteiger partial charge on any atom is -0.324 e. The minimum absolute atomic E-state index is 0.143. The van der Waals surface area contributed by atoms with Gasteiger partial charge in [-0.25, -0.2) is 9.37 Å². The summed E-state index contributed by atoms with van der Waals surface area (Å²) in [4.78, 5) is 5.29. The number of benzene rings is 1. The molecule has 0 spiro atoms. The molecule has 0 amide bonds. The van der Waals surface area contributed by atoms with Gasteiger partial charge in [0.15, 0.2) is 0 Å². The topological polar surface area (TPSA) is 38.9 Å². The predicted octanol–water partition coefficient (Wildman–Crippen LogP) is 4.16. The maximum absolute atomic E-state index is 14.0. The zero-order chi connectivity index (χ0) is 15.8. The zero-order valence-corrected chi connectivity index (χ0v) is 12.3. The number of hydrogen-bond donors (Lipinski definition) is 1. The number of halogens is 4. The fourth-order valence-corrected chi connectivity index (χ4v) is 2.97. The molecule has 1 aromatic carbocycles. The van der Waals surface area contributed by atoms with Crippen LogP contribution >= 0.6 is 11.3 Å². The lowest BCUT2D eigenvalue weighted by Gasteiger charge is -2.15. The monoisotopic (exact) mass is 318 g/mol. The van der Waals surface area contributed by atoms with E-state index in [-0.39, 0.29) is 12.0 Å². The first kappa shape index (κ1) is 15.9. The van der Waals surface area contributed by atoms with E-state index in [2.05, 4.69) is 4.98 Å². The Hall–Kier alpha value is -1.47. The zero-order valence-electron chi connectivity index (χ0n) is 11.5. The summed E-state index contributed by atoms with van der Waals surface area (Å²) in [5, 5.41) is 0.689. The van der Waals surface area contributed by atoms with Crippen molar-refractivity contribution in [3.63, 3.8) is 0 Å². The Balaban J connectivity index is 2.29. The Labute approximate surface area is 123 Å². The summed E-state index contributed by atoms with van der Waals surface area (Å²) in [6.45, 7) is 3.73. The van der Waals surface area contributed by atoms with E-state index in [1.807, 2.05) is 13.8 Å². The molecule has 2 N–H and O–H groups in total. The Morgan fingerprint density at radius 2 is 1.95 bits per heavy atom. The number of aryl methyl sites for hydroxylation is 2. The lowest BCUT2D eigenvalue weighted by atomic mass is 10.0. The molecule has 2 nitrogen and oxygen atoms in total. The fourth-order valence-electron chi connectivity index (χ4n) is 1.98. The lowest BCUT2D eigenvalue weighted by molar-refractivity contribution is -0.140. The molecule has 0 radical (unpaired) electrons. The van der Waals surface area contributed by atoms with E-state index in [0.717, 1.165) is 10.6 Å². The SMILES string of the molecule is Cc1nc(CC(N)c2cccc(C(F)(F)F)c2F)sc1C. The minimum atomic E-state index is -4.73. The van der Waals surface area contributed by atoms with Crippen LogP contribution in [0.4, 0.5) is 17.6 Å². The molecule has 2 aromatic rings. The van der Waals surface area contributed by atoms with Gasteiger partial charge in [-0.3, -0.25) is 0 Å². The molecular weight excluding hydrogens is 304 g/mol. The fraction of sp³-hybridized carbons (Fsp3) is 0.357. The van der Waals surface area contributed by atoms with Crippen LogP contribution in [0.2, 0.25) is 0 Å². The highest BCUT2D eigenvalue weighted by Gasteiger charge is 2.35. The van der Waals surface area contributed by atoms with Crippen molar-refractivity contribution in [2.45, 2.75) is 32.5 Å². The average Bonchev–Trinajstić information content (AvgIpc) is 2.66. The highest BCUT2D eigenvalue weighted by Crippen LogP contribution is 2.34. The van der Waals surface area contributed by atoms with E-state index in [4.69, 9.17) is 5.73 Å². The van der Waals surface area contributed by atoms with Gasteiger partial charge in [-0.2, -0.15) is 13.2 Å². The van der Waals surface area contributed by atoms with Gasteiger partial charge in [0.1, 0.15) is 5.82 Å². The number of thiazole rings is 1. The van der Waals surface area contributed by atoms with Crippen molar-refractivity contribution in [3.8, 4) is 0 Å². The van der Waals surface area contributed by atoms with Crippen LogP contribution in [-0.4, -0.2) is 4.98 Å². The van der Waals surface area contributed by atoms with E-state index >= 15 is 0 Å². The number of nitrogens with two attached hydrogens (primary N) is 1. The summed E-state index contributed by atoms with van der Waals surface area (Å²) in [5.41, 5.74) is 5.28. The van der Waals surface area contributed by atoms with E-state index in [9.17, 15) is 17.6 Å². The second-order valence-electron chi connectivity index (χ2n) is 4.77. The Morgan fingerprint density at radius 3 is 2.48 bits per heavy atom. The second kappa shape index (κ2) is 5.73. The van der Waals surface area contributed by atoms with Gasteiger partial charge in [0.2, 0.25) is 0 Å². The van der Waals surface area contributed by atoms with E-state index in [1.165, 1.54) is 23.5 Å². The Bertz CT molecular complexity index is 629. The summed E-state index contributed by atoms with van der Waals surface area (Å²) >= 11 is 1.42. The third kappa shape index (κ3) is 3.41. The molecule has 1 atom stereocenters. The molecule has 0 saturated heterocycles. The average molecular weight is 318 g/mol. The second-order valence-corrected chi connectivity index (χ2v) is 6.05. The van der Waals surface area contributed by atoms with E-state index in [0.29, 0.717) is 11.1 Å². The molecule has 114 valence electrons. The van der Waals surface area contributed by atoms with Gasteiger partial charge in [0.05, 0.1) is 16.3 Å². The number of nitrogens with zero attached hydrogens (tertiary/aromatic N) is 1. The number of rotatable bonds is 3. The van der Waals surface area contributed by atoms with Gasteiger partial charge in [0.25, 0.3) is 0 Å². The van der Waals surface area contributed by atoms with Crippen LogP contribution in [0.25, 0.3) is 0 Å². The van der Waals surface area contributed by atoms with Crippen LogP contribution in [0, 0.1) is 19.7 Å². The Morgan fingerprint density at radius 1 is 1.29 bits per heavy atom. The summed E-state index contributed by atoms with van der Waals surface area (Å²) in [5.74, 6) is -1.30. The maximum Gasteiger partial charge on any atom is 0.419 e. The van der Waals surface area contributed by atoms with Crippen LogP contribution in [0.3, 0.4) is 0 Å². The quantitative estimate of drug-likeness (QED) is 0.863. The number of hydrogen-bond acceptors (Lipinski definition) is 3. The maximum atomic E-state index is 14.0. The third-order valence-corrected chi connectivity index (χ3v) is 4.30. The lowest BCUT2D eigenvalue weighted by Crippen LogP contribution is -2.18. The molecular formula is C14H14F4N2S. The normalized spacial score (nSPS) is 13.5. The molecule has 0 aliphatic heterocycles. The molecule has 0 bridgehead atoms. The van der Waals surface area contributed by atoms with E-state index in [1.54, 1.807) is 0 Å². The number of alkyl halides is 3. The van der Waals surface area contributed by atoms with Crippen LogP contribution in [-0.2, 0) is 12.6 Å². The molecule has 0 aliphatic rings. The third-order valence-electron chi connectivity index (χ3n) is 3.20. The summed E-state index contributed by atoms with van der Waals surface area (Å²) in [6.07, 6.45) is -4.52. The van der Waals surface area contributed by atoms with Gasteiger partial charge in [-0.15, -0.1) is 11.3 Å². The predicted molar refractivity (Wildman–Crippen MR) is 73.6 cm³/mol. The van der Waals surface area contributed by atoms with Gasteiger partial charge < -0.3 is 5.73 Å². The Kier molecular flexibility index (Phi) is 4.34. The van der Waals surface area contributed by atoms with Gasteiger partial charge in [-0.1, -0.05) is 12.1 Å². The first-order valence-electron chi connectivity index (χ1n) is 6.24. The van der Waals surface area contributed by atoms with E-state index < -0.39 is 23.6 Å². The highest BCUT2D eigenvalue weighted by molar-refractivity contribution is 7.11. The first-order chi connectivity index (χ1) is 9.70. The van der Waals surface area contributed by atoms with Crippen molar-refractivity contribution in [2.24, 2.45) is 5.73 Å². The molecule has 0 saturated carbocycles. The molecule has 2 rings (SSSR count). The summed E-state index contributed by atoms with van der Waals surface area (Å²) < 4.78 is 52.0. The van der Waals surface area contributed by atoms with Crippen molar-refractivity contribution in [1.29, 1.82) is 0 Å². The molecule has 0 fully saturated rings.